The molecule has 3 fully saturated rings. The van der Waals surface area contributed by atoms with Crippen molar-refractivity contribution in [3.05, 3.63) is 0 Å². The Morgan fingerprint density at radius 1 is 1.07 bits per heavy atom. The van der Waals surface area contributed by atoms with Crippen molar-refractivity contribution in [1.29, 1.82) is 0 Å². The molecule has 6 nitrogen and oxygen atoms in total. The monoisotopic (exact) mass is 523 g/mol. The van der Waals surface area contributed by atoms with Gasteiger partial charge in [-0.05, 0) is 32.6 Å². The van der Waals surface area contributed by atoms with E-state index >= 15 is 0 Å². The largest absolute Gasteiger partial charge is 0.357 e. The minimum absolute atomic E-state index is 0. The van der Waals surface area contributed by atoms with E-state index in [1.807, 2.05) is 0 Å². The van der Waals surface area contributed by atoms with Gasteiger partial charge in [0.25, 0.3) is 0 Å². The summed E-state index contributed by atoms with van der Waals surface area (Å²) < 4.78 is 0. The standard InChI is InChI=1S/C20H37N5OS.HI/c1-2-21-19(23-11-10-22-18(26)17-6-7-17)24-16-20(8-4-3-5-9-20)25-12-14-27-15-13-25;/h17H,2-16H2,1H3,(H,22,26)(H2,21,23,24);1H. The van der Waals surface area contributed by atoms with E-state index in [-0.39, 0.29) is 41.3 Å². The normalized spacial score (nSPS) is 22.8. The number of hydrogen-bond donors (Lipinski definition) is 3. The van der Waals surface area contributed by atoms with Crippen LogP contribution in [0.1, 0.15) is 51.9 Å². The van der Waals surface area contributed by atoms with Gasteiger partial charge in [-0.3, -0.25) is 14.7 Å². The molecule has 0 spiro atoms. The molecular formula is C20H38IN5OS. The van der Waals surface area contributed by atoms with E-state index in [2.05, 4.69) is 39.5 Å². The highest BCUT2D eigenvalue weighted by atomic mass is 127. The quantitative estimate of drug-likeness (QED) is 0.198. The summed E-state index contributed by atoms with van der Waals surface area (Å²) in [5.41, 5.74) is 0.252. The predicted molar refractivity (Wildman–Crippen MR) is 130 cm³/mol. The average Bonchev–Trinajstić information content (AvgIpc) is 3.56. The molecule has 1 aliphatic heterocycles. The Labute approximate surface area is 191 Å². The molecule has 1 saturated heterocycles. The van der Waals surface area contributed by atoms with E-state index in [0.29, 0.717) is 6.54 Å². The second-order valence-electron chi connectivity index (χ2n) is 8.07. The topological polar surface area (TPSA) is 68.8 Å². The fourth-order valence-electron chi connectivity index (χ4n) is 4.25. The fourth-order valence-corrected chi connectivity index (χ4v) is 5.15. The van der Waals surface area contributed by atoms with Gasteiger partial charge in [0.1, 0.15) is 0 Å². The molecule has 28 heavy (non-hydrogen) atoms. The summed E-state index contributed by atoms with van der Waals surface area (Å²) in [4.78, 5) is 19.4. The number of guanidine groups is 1. The number of carbonyl (C=O) groups is 1. The zero-order valence-corrected chi connectivity index (χ0v) is 20.4. The van der Waals surface area contributed by atoms with E-state index in [1.165, 1.54) is 56.7 Å². The van der Waals surface area contributed by atoms with Gasteiger partial charge < -0.3 is 16.0 Å². The SMILES string of the molecule is CCNC(=NCC1(N2CCSCC2)CCCCC1)NCCNC(=O)C1CC1.I. The second-order valence-corrected chi connectivity index (χ2v) is 9.30. The molecule has 2 aliphatic carbocycles. The van der Waals surface area contributed by atoms with Gasteiger partial charge in [-0.15, -0.1) is 24.0 Å². The van der Waals surface area contributed by atoms with Gasteiger partial charge >= 0.3 is 0 Å². The lowest BCUT2D eigenvalue weighted by atomic mass is 9.80. The average molecular weight is 524 g/mol. The lowest BCUT2D eigenvalue weighted by molar-refractivity contribution is -0.122. The van der Waals surface area contributed by atoms with Crippen LogP contribution in [-0.2, 0) is 4.79 Å². The maximum atomic E-state index is 11.7. The number of aliphatic imine (C=N–C) groups is 1. The lowest BCUT2D eigenvalue weighted by Crippen LogP contribution is -2.55. The Morgan fingerprint density at radius 2 is 1.75 bits per heavy atom. The Hall–Kier alpha value is -0.220. The summed E-state index contributed by atoms with van der Waals surface area (Å²) in [6.07, 6.45) is 8.69. The molecule has 0 atom stereocenters. The highest BCUT2D eigenvalue weighted by Crippen LogP contribution is 2.35. The molecule has 0 radical (unpaired) electrons. The number of carbonyl (C=O) groups excluding carboxylic acids is 1. The van der Waals surface area contributed by atoms with Crippen LogP contribution >= 0.6 is 35.7 Å². The minimum atomic E-state index is 0. The molecule has 0 aromatic carbocycles. The van der Waals surface area contributed by atoms with E-state index in [9.17, 15) is 4.79 Å². The van der Waals surface area contributed by atoms with Gasteiger partial charge in [0.15, 0.2) is 5.96 Å². The maximum Gasteiger partial charge on any atom is 0.223 e. The van der Waals surface area contributed by atoms with Crippen LogP contribution in [-0.4, -0.2) is 73.1 Å². The van der Waals surface area contributed by atoms with Gasteiger partial charge in [-0.1, -0.05) is 19.3 Å². The Morgan fingerprint density at radius 3 is 2.39 bits per heavy atom. The van der Waals surface area contributed by atoms with Crippen LogP contribution in [0.25, 0.3) is 0 Å². The molecular weight excluding hydrogens is 485 g/mol. The molecule has 0 unspecified atom stereocenters. The zero-order valence-electron chi connectivity index (χ0n) is 17.3. The zero-order chi connectivity index (χ0) is 19.0. The molecule has 1 heterocycles. The molecule has 3 rings (SSSR count). The van der Waals surface area contributed by atoms with Crippen molar-refractivity contribution in [2.45, 2.75) is 57.4 Å². The molecule has 0 aromatic rings. The van der Waals surface area contributed by atoms with Crippen molar-refractivity contribution in [1.82, 2.24) is 20.9 Å². The minimum Gasteiger partial charge on any atom is -0.357 e. The highest BCUT2D eigenvalue weighted by Gasteiger charge is 2.38. The van der Waals surface area contributed by atoms with Crippen LogP contribution in [0, 0.1) is 5.92 Å². The maximum absolute atomic E-state index is 11.7. The van der Waals surface area contributed by atoms with Crippen molar-refractivity contribution in [2.75, 3.05) is 50.8 Å². The summed E-state index contributed by atoms with van der Waals surface area (Å²) in [6.45, 7) is 7.62. The van der Waals surface area contributed by atoms with Crippen LogP contribution < -0.4 is 16.0 Å². The van der Waals surface area contributed by atoms with Gasteiger partial charge in [0.2, 0.25) is 5.91 Å². The van der Waals surface area contributed by atoms with E-state index in [0.717, 1.165) is 38.4 Å². The smallest absolute Gasteiger partial charge is 0.223 e. The third-order valence-corrected chi connectivity index (χ3v) is 6.95. The van der Waals surface area contributed by atoms with Crippen LogP contribution in [0.15, 0.2) is 4.99 Å². The van der Waals surface area contributed by atoms with Crippen LogP contribution in [0.4, 0.5) is 0 Å². The molecule has 3 aliphatic rings. The van der Waals surface area contributed by atoms with E-state index < -0.39 is 0 Å². The molecule has 0 bridgehead atoms. The number of rotatable bonds is 8. The van der Waals surface area contributed by atoms with Gasteiger partial charge in [0, 0.05) is 55.7 Å². The number of nitrogens with zero attached hydrogens (tertiary/aromatic N) is 2. The van der Waals surface area contributed by atoms with E-state index in [1.54, 1.807) is 0 Å². The third kappa shape index (κ3) is 7.23. The predicted octanol–water partition coefficient (Wildman–Crippen LogP) is 2.44. The summed E-state index contributed by atoms with van der Waals surface area (Å²) in [5, 5.41) is 9.78. The Balaban J connectivity index is 0.00000280. The number of hydrogen-bond acceptors (Lipinski definition) is 4. The van der Waals surface area contributed by atoms with Crippen molar-refractivity contribution in [2.24, 2.45) is 10.9 Å². The number of amides is 1. The number of nitrogens with one attached hydrogen (secondary N) is 3. The molecule has 162 valence electrons. The van der Waals surface area contributed by atoms with Crippen LogP contribution in [0.3, 0.4) is 0 Å². The highest BCUT2D eigenvalue weighted by molar-refractivity contribution is 14.0. The molecule has 1 amide bonds. The summed E-state index contributed by atoms with van der Waals surface area (Å²) in [6, 6.07) is 0. The first-order valence-electron chi connectivity index (χ1n) is 10.9. The van der Waals surface area contributed by atoms with Crippen molar-refractivity contribution >= 4 is 47.6 Å². The van der Waals surface area contributed by atoms with Crippen LogP contribution in [0.5, 0.6) is 0 Å². The van der Waals surface area contributed by atoms with Gasteiger partial charge in [-0.2, -0.15) is 11.8 Å². The van der Waals surface area contributed by atoms with Crippen LogP contribution in [0.2, 0.25) is 0 Å². The molecule has 3 N–H and O–H groups in total. The van der Waals surface area contributed by atoms with Crippen molar-refractivity contribution < 1.29 is 4.79 Å². The second kappa shape index (κ2) is 12.5. The fraction of sp³-hybridized carbons (Fsp3) is 0.900. The van der Waals surface area contributed by atoms with E-state index in [4.69, 9.17) is 4.99 Å². The number of thioether (sulfide) groups is 1. The Bertz CT molecular complexity index is 503. The molecule has 2 saturated carbocycles. The Kier molecular flexibility index (Phi) is 10.7. The number of halogens is 1. The first kappa shape index (κ1) is 24.1. The molecule has 0 aromatic heterocycles. The summed E-state index contributed by atoms with van der Waals surface area (Å²) in [5.74, 6) is 3.88. The van der Waals surface area contributed by atoms with Crippen molar-refractivity contribution in [3.63, 3.8) is 0 Å². The first-order valence-corrected chi connectivity index (χ1v) is 12.0. The lowest BCUT2D eigenvalue weighted by Gasteiger charge is -2.47. The van der Waals surface area contributed by atoms with Crippen molar-refractivity contribution in [3.8, 4) is 0 Å². The molecule has 8 heteroatoms. The van der Waals surface area contributed by atoms with Gasteiger partial charge in [-0.25, -0.2) is 0 Å². The summed E-state index contributed by atoms with van der Waals surface area (Å²) in [7, 11) is 0. The summed E-state index contributed by atoms with van der Waals surface area (Å²) >= 11 is 2.08. The first-order chi connectivity index (χ1) is 13.2. The third-order valence-electron chi connectivity index (χ3n) is 6.01. The van der Waals surface area contributed by atoms with Gasteiger partial charge in [0.05, 0.1) is 6.54 Å².